The Kier molecular flexibility index (Phi) is 4.65. The molecule has 6 nitrogen and oxygen atoms in total. The SMILES string of the molecule is Cc1ccc(OCCCn2c(N)nc(C#N)c2C#N)cc1C. The van der Waals surface area contributed by atoms with Crippen LogP contribution < -0.4 is 10.5 Å². The van der Waals surface area contributed by atoms with E-state index in [0.717, 1.165) is 5.75 Å². The van der Waals surface area contributed by atoms with Gasteiger partial charge in [-0.3, -0.25) is 0 Å². The number of nitrogens with zero attached hydrogens (tertiary/aromatic N) is 4. The molecule has 0 spiro atoms. The minimum absolute atomic E-state index is 0.0649. The highest BCUT2D eigenvalue weighted by Gasteiger charge is 2.14. The summed E-state index contributed by atoms with van der Waals surface area (Å²) in [6.45, 7) is 5.06. The Morgan fingerprint density at radius 2 is 2.00 bits per heavy atom. The van der Waals surface area contributed by atoms with Gasteiger partial charge in [0.15, 0.2) is 11.4 Å². The van der Waals surface area contributed by atoms with Gasteiger partial charge in [0.05, 0.1) is 6.61 Å². The van der Waals surface area contributed by atoms with E-state index in [9.17, 15) is 0 Å². The van der Waals surface area contributed by atoms with E-state index in [1.54, 1.807) is 4.57 Å². The summed E-state index contributed by atoms with van der Waals surface area (Å²) in [6, 6.07) is 9.78. The van der Waals surface area contributed by atoms with Gasteiger partial charge in [0.2, 0.25) is 5.95 Å². The molecule has 0 aliphatic carbocycles. The molecule has 1 aromatic carbocycles. The molecule has 0 aliphatic heterocycles. The maximum atomic E-state index is 9.09. The number of nitriles is 2. The summed E-state index contributed by atoms with van der Waals surface area (Å²) in [5, 5.41) is 18.0. The highest BCUT2D eigenvalue weighted by molar-refractivity contribution is 5.43. The maximum Gasteiger partial charge on any atom is 0.202 e. The topological polar surface area (TPSA) is 101 Å². The standard InChI is InChI=1S/C16H17N5O/c1-11-4-5-13(8-12(11)2)22-7-3-6-21-15(10-18)14(9-17)20-16(21)19/h4-5,8H,3,6-7H2,1-2H3,(H2,19,20). The molecule has 0 bridgehead atoms. The first-order valence-electron chi connectivity index (χ1n) is 6.93. The summed E-state index contributed by atoms with van der Waals surface area (Å²) in [7, 11) is 0. The molecule has 0 unspecified atom stereocenters. The van der Waals surface area contributed by atoms with Crippen molar-refractivity contribution < 1.29 is 4.74 Å². The molecule has 0 saturated carbocycles. The largest absolute Gasteiger partial charge is 0.494 e. The van der Waals surface area contributed by atoms with Gasteiger partial charge in [0, 0.05) is 6.54 Å². The summed E-state index contributed by atoms with van der Waals surface area (Å²) in [5.74, 6) is 0.999. The molecular formula is C16H17N5O. The smallest absolute Gasteiger partial charge is 0.202 e. The number of anilines is 1. The van der Waals surface area contributed by atoms with Crippen LogP contribution >= 0.6 is 0 Å². The van der Waals surface area contributed by atoms with E-state index >= 15 is 0 Å². The number of nitrogen functional groups attached to an aromatic ring is 1. The van der Waals surface area contributed by atoms with Crippen LogP contribution in [-0.2, 0) is 6.54 Å². The molecule has 0 saturated heterocycles. The quantitative estimate of drug-likeness (QED) is 0.853. The first-order chi connectivity index (χ1) is 10.6. The summed E-state index contributed by atoms with van der Waals surface area (Å²) < 4.78 is 7.23. The fourth-order valence-corrected chi connectivity index (χ4v) is 2.10. The number of hydrogen-bond acceptors (Lipinski definition) is 5. The predicted octanol–water partition coefficient (Wildman–Crippen LogP) is 2.29. The van der Waals surface area contributed by atoms with Crippen LogP contribution in [0, 0.1) is 36.5 Å². The first-order valence-corrected chi connectivity index (χ1v) is 6.93. The minimum Gasteiger partial charge on any atom is -0.494 e. The molecule has 2 aromatic rings. The van der Waals surface area contributed by atoms with Crippen LogP contribution in [0.3, 0.4) is 0 Å². The van der Waals surface area contributed by atoms with Crippen molar-refractivity contribution in [3.63, 3.8) is 0 Å². The van der Waals surface area contributed by atoms with Crippen LogP contribution in [0.1, 0.15) is 28.9 Å². The Morgan fingerprint density at radius 1 is 1.23 bits per heavy atom. The second kappa shape index (κ2) is 6.64. The third-order valence-corrected chi connectivity index (χ3v) is 3.48. The molecule has 1 aromatic heterocycles. The van der Waals surface area contributed by atoms with Crippen molar-refractivity contribution in [1.82, 2.24) is 9.55 Å². The van der Waals surface area contributed by atoms with Crippen LogP contribution in [0.5, 0.6) is 5.75 Å². The van der Waals surface area contributed by atoms with E-state index in [1.165, 1.54) is 11.1 Å². The summed E-state index contributed by atoms with van der Waals surface area (Å²) in [5.41, 5.74) is 8.40. The Bertz CT molecular complexity index is 764. The minimum atomic E-state index is 0.0649. The lowest BCUT2D eigenvalue weighted by Gasteiger charge is -2.09. The summed E-state index contributed by atoms with van der Waals surface area (Å²) in [4.78, 5) is 3.87. The maximum absolute atomic E-state index is 9.09. The van der Waals surface area contributed by atoms with E-state index in [-0.39, 0.29) is 17.3 Å². The highest BCUT2D eigenvalue weighted by Crippen LogP contribution is 2.17. The fourth-order valence-electron chi connectivity index (χ4n) is 2.10. The van der Waals surface area contributed by atoms with Crippen LogP contribution in [-0.4, -0.2) is 16.2 Å². The van der Waals surface area contributed by atoms with Gasteiger partial charge >= 0.3 is 0 Å². The number of hydrogen-bond donors (Lipinski definition) is 1. The van der Waals surface area contributed by atoms with Gasteiger partial charge < -0.3 is 15.0 Å². The summed E-state index contributed by atoms with van der Waals surface area (Å²) >= 11 is 0. The number of benzene rings is 1. The highest BCUT2D eigenvalue weighted by atomic mass is 16.5. The number of ether oxygens (including phenoxy) is 1. The Hall–Kier alpha value is -2.99. The van der Waals surface area contributed by atoms with Crippen molar-refractivity contribution in [3.05, 3.63) is 40.7 Å². The third kappa shape index (κ3) is 3.18. The van der Waals surface area contributed by atoms with Crippen molar-refractivity contribution in [2.75, 3.05) is 12.3 Å². The zero-order chi connectivity index (χ0) is 16.1. The molecule has 2 rings (SSSR count). The van der Waals surface area contributed by atoms with Crippen LogP contribution in [0.15, 0.2) is 18.2 Å². The number of aromatic nitrogens is 2. The van der Waals surface area contributed by atoms with E-state index in [2.05, 4.69) is 11.9 Å². The third-order valence-electron chi connectivity index (χ3n) is 3.48. The lowest BCUT2D eigenvalue weighted by molar-refractivity contribution is 0.302. The van der Waals surface area contributed by atoms with Crippen molar-refractivity contribution in [3.8, 4) is 17.9 Å². The van der Waals surface area contributed by atoms with Crippen LogP contribution in [0.4, 0.5) is 5.95 Å². The van der Waals surface area contributed by atoms with Gasteiger partial charge in [-0.1, -0.05) is 6.07 Å². The second-order valence-corrected chi connectivity index (χ2v) is 4.99. The monoisotopic (exact) mass is 295 g/mol. The van der Waals surface area contributed by atoms with Crippen molar-refractivity contribution >= 4 is 5.95 Å². The number of nitrogens with two attached hydrogens (primary N) is 1. The molecule has 2 N–H and O–H groups in total. The zero-order valence-electron chi connectivity index (χ0n) is 12.6. The van der Waals surface area contributed by atoms with Gasteiger partial charge in [0.1, 0.15) is 17.9 Å². The molecule has 0 fully saturated rings. The fraction of sp³-hybridized carbons (Fsp3) is 0.312. The number of rotatable bonds is 5. The molecule has 1 heterocycles. The van der Waals surface area contributed by atoms with Crippen molar-refractivity contribution in [2.45, 2.75) is 26.8 Å². The van der Waals surface area contributed by atoms with Crippen molar-refractivity contribution in [2.24, 2.45) is 0 Å². The average Bonchev–Trinajstić information content (AvgIpc) is 2.82. The molecule has 112 valence electrons. The van der Waals surface area contributed by atoms with E-state index in [1.807, 2.05) is 37.3 Å². The molecular weight excluding hydrogens is 278 g/mol. The van der Waals surface area contributed by atoms with Gasteiger partial charge in [-0.15, -0.1) is 0 Å². The normalized spacial score (nSPS) is 10.0. The van der Waals surface area contributed by atoms with Gasteiger partial charge in [-0.25, -0.2) is 4.98 Å². The number of aryl methyl sites for hydroxylation is 2. The predicted molar refractivity (Wildman–Crippen MR) is 82.1 cm³/mol. The van der Waals surface area contributed by atoms with Crippen molar-refractivity contribution in [1.29, 1.82) is 10.5 Å². The van der Waals surface area contributed by atoms with E-state index < -0.39 is 0 Å². The lowest BCUT2D eigenvalue weighted by Crippen LogP contribution is -2.09. The molecule has 6 heteroatoms. The first kappa shape index (κ1) is 15.4. The van der Waals surface area contributed by atoms with Crippen LogP contribution in [0.25, 0.3) is 0 Å². The molecule has 22 heavy (non-hydrogen) atoms. The van der Waals surface area contributed by atoms with E-state index in [4.69, 9.17) is 21.0 Å². The van der Waals surface area contributed by atoms with E-state index in [0.29, 0.717) is 19.6 Å². The summed E-state index contributed by atoms with van der Waals surface area (Å²) in [6.07, 6.45) is 0.660. The Labute approximate surface area is 129 Å². The Balaban J connectivity index is 1.95. The zero-order valence-corrected chi connectivity index (χ0v) is 12.6. The molecule has 0 radical (unpaired) electrons. The second-order valence-electron chi connectivity index (χ2n) is 4.99. The molecule has 0 aliphatic rings. The number of imidazole rings is 1. The van der Waals surface area contributed by atoms with Gasteiger partial charge in [-0.2, -0.15) is 10.5 Å². The lowest BCUT2D eigenvalue weighted by atomic mass is 10.1. The molecule has 0 atom stereocenters. The average molecular weight is 295 g/mol. The Morgan fingerprint density at radius 3 is 2.64 bits per heavy atom. The molecule has 0 amide bonds. The van der Waals surface area contributed by atoms with Gasteiger partial charge in [-0.05, 0) is 43.5 Å². The van der Waals surface area contributed by atoms with Crippen LogP contribution in [0.2, 0.25) is 0 Å². The van der Waals surface area contributed by atoms with Gasteiger partial charge in [0.25, 0.3) is 0 Å².